The van der Waals surface area contributed by atoms with E-state index in [1.54, 1.807) is 6.08 Å². The molecule has 0 aromatic heterocycles. The van der Waals surface area contributed by atoms with Crippen molar-refractivity contribution in [2.45, 2.75) is 45.1 Å². The number of rotatable bonds is 10. The lowest BCUT2D eigenvalue weighted by molar-refractivity contribution is -0.131. The summed E-state index contributed by atoms with van der Waals surface area (Å²) in [6, 6.07) is 7.32. The second-order valence-corrected chi connectivity index (χ2v) is 5.00. The third-order valence-electron chi connectivity index (χ3n) is 3.22. The molecule has 2 N–H and O–H groups in total. The molecular formula is C17H24O4. The fraction of sp³-hybridized carbons (Fsp3) is 0.471. The molecule has 1 unspecified atom stereocenters. The Labute approximate surface area is 126 Å². The number of aliphatic carboxylic acids is 1. The van der Waals surface area contributed by atoms with E-state index in [4.69, 9.17) is 9.84 Å². The van der Waals surface area contributed by atoms with Crippen molar-refractivity contribution >= 4 is 12.0 Å². The number of aliphatic hydroxyl groups is 1. The number of unbranched alkanes of at least 4 members (excludes halogenated alkanes) is 2. The van der Waals surface area contributed by atoms with Crippen LogP contribution in [0, 0.1) is 0 Å². The second-order valence-electron chi connectivity index (χ2n) is 5.00. The van der Waals surface area contributed by atoms with Gasteiger partial charge in [0.05, 0.1) is 12.7 Å². The van der Waals surface area contributed by atoms with Gasteiger partial charge in [0.1, 0.15) is 5.75 Å². The van der Waals surface area contributed by atoms with E-state index in [1.807, 2.05) is 31.2 Å². The molecule has 116 valence electrons. The van der Waals surface area contributed by atoms with Gasteiger partial charge < -0.3 is 14.9 Å². The SMILES string of the molecule is CCC(O)CCCCCOc1ccc(C=CC(=O)O)cc1. The van der Waals surface area contributed by atoms with Crippen molar-refractivity contribution in [3.8, 4) is 5.75 Å². The Morgan fingerprint density at radius 2 is 1.95 bits per heavy atom. The van der Waals surface area contributed by atoms with Crippen LogP contribution in [0.25, 0.3) is 6.08 Å². The molecule has 0 amide bonds. The average molecular weight is 292 g/mol. The number of hydrogen-bond donors (Lipinski definition) is 2. The summed E-state index contributed by atoms with van der Waals surface area (Å²) in [7, 11) is 0. The molecule has 1 aromatic rings. The molecule has 1 rings (SSSR count). The number of aliphatic hydroxyl groups excluding tert-OH is 1. The van der Waals surface area contributed by atoms with Crippen molar-refractivity contribution in [2.24, 2.45) is 0 Å². The zero-order valence-electron chi connectivity index (χ0n) is 12.5. The van der Waals surface area contributed by atoms with Crippen molar-refractivity contribution in [3.63, 3.8) is 0 Å². The van der Waals surface area contributed by atoms with Crippen LogP contribution in [-0.4, -0.2) is 28.9 Å². The van der Waals surface area contributed by atoms with Gasteiger partial charge in [-0.15, -0.1) is 0 Å². The van der Waals surface area contributed by atoms with Crippen LogP contribution in [0.2, 0.25) is 0 Å². The first-order chi connectivity index (χ1) is 10.1. The van der Waals surface area contributed by atoms with Crippen molar-refractivity contribution in [1.29, 1.82) is 0 Å². The molecule has 1 atom stereocenters. The maximum Gasteiger partial charge on any atom is 0.328 e. The standard InChI is InChI=1S/C17H24O4/c1-2-15(18)6-4-3-5-13-21-16-10-7-14(8-11-16)9-12-17(19)20/h7-12,15,18H,2-6,13H2,1H3,(H,19,20). The van der Waals surface area contributed by atoms with Gasteiger partial charge in [0, 0.05) is 6.08 Å². The van der Waals surface area contributed by atoms with E-state index < -0.39 is 5.97 Å². The Hall–Kier alpha value is -1.81. The molecule has 4 nitrogen and oxygen atoms in total. The highest BCUT2D eigenvalue weighted by molar-refractivity contribution is 5.85. The maximum atomic E-state index is 10.4. The van der Waals surface area contributed by atoms with E-state index >= 15 is 0 Å². The number of benzene rings is 1. The van der Waals surface area contributed by atoms with Gasteiger partial charge in [0.15, 0.2) is 0 Å². The minimum Gasteiger partial charge on any atom is -0.494 e. The Morgan fingerprint density at radius 3 is 2.57 bits per heavy atom. The fourth-order valence-electron chi connectivity index (χ4n) is 1.90. The lowest BCUT2D eigenvalue weighted by Gasteiger charge is -2.08. The van der Waals surface area contributed by atoms with Gasteiger partial charge in [0.25, 0.3) is 0 Å². The first-order valence-corrected chi connectivity index (χ1v) is 7.43. The molecule has 21 heavy (non-hydrogen) atoms. The zero-order valence-corrected chi connectivity index (χ0v) is 12.5. The molecule has 4 heteroatoms. The van der Waals surface area contributed by atoms with Crippen LogP contribution in [0.3, 0.4) is 0 Å². The lowest BCUT2D eigenvalue weighted by Crippen LogP contribution is -2.04. The number of carboxylic acid groups (broad SMARTS) is 1. The van der Waals surface area contributed by atoms with Crippen LogP contribution in [0.15, 0.2) is 30.3 Å². The fourth-order valence-corrected chi connectivity index (χ4v) is 1.90. The smallest absolute Gasteiger partial charge is 0.328 e. The molecule has 0 aliphatic rings. The quantitative estimate of drug-likeness (QED) is 0.511. The maximum absolute atomic E-state index is 10.4. The average Bonchev–Trinajstić information content (AvgIpc) is 2.49. The van der Waals surface area contributed by atoms with Gasteiger partial charge in [-0.2, -0.15) is 0 Å². The summed E-state index contributed by atoms with van der Waals surface area (Å²) in [5.41, 5.74) is 0.832. The summed E-state index contributed by atoms with van der Waals surface area (Å²) in [6.45, 7) is 2.65. The van der Waals surface area contributed by atoms with Crippen LogP contribution in [0.5, 0.6) is 5.75 Å². The molecule has 0 heterocycles. The Kier molecular flexibility index (Phi) is 8.21. The summed E-state index contributed by atoms with van der Waals surface area (Å²) >= 11 is 0. The summed E-state index contributed by atoms with van der Waals surface area (Å²) < 4.78 is 5.62. The summed E-state index contributed by atoms with van der Waals surface area (Å²) in [5.74, 6) is -0.167. The van der Waals surface area contributed by atoms with Gasteiger partial charge in [-0.1, -0.05) is 25.5 Å². The summed E-state index contributed by atoms with van der Waals surface area (Å²) in [4.78, 5) is 10.4. The Bertz CT molecular complexity index is 437. The number of carboxylic acids is 1. The normalized spacial score (nSPS) is 12.5. The van der Waals surface area contributed by atoms with E-state index in [2.05, 4.69) is 0 Å². The van der Waals surface area contributed by atoms with E-state index in [9.17, 15) is 9.90 Å². The third kappa shape index (κ3) is 8.15. The largest absolute Gasteiger partial charge is 0.494 e. The highest BCUT2D eigenvalue weighted by atomic mass is 16.5. The van der Waals surface area contributed by atoms with Gasteiger partial charge in [-0.05, 0) is 49.5 Å². The Morgan fingerprint density at radius 1 is 1.24 bits per heavy atom. The van der Waals surface area contributed by atoms with E-state index in [0.29, 0.717) is 6.61 Å². The molecule has 0 spiro atoms. The van der Waals surface area contributed by atoms with Gasteiger partial charge >= 0.3 is 5.97 Å². The topological polar surface area (TPSA) is 66.8 Å². The van der Waals surface area contributed by atoms with Crippen molar-refractivity contribution in [1.82, 2.24) is 0 Å². The monoisotopic (exact) mass is 292 g/mol. The molecule has 0 bridgehead atoms. The van der Waals surface area contributed by atoms with Crippen molar-refractivity contribution < 1.29 is 19.7 Å². The number of hydrogen-bond acceptors (Lipinski definition) is 3. The highest BCUT2D eigenvalue weighted by Gasteiger charge is 2.00. The summed E-state index contributed by atoms with van der Waals surface area (Å²) in [6.07, 6.45) is 7.22. The van der Waals surface area contributed by atoms with Gasteiger partial charge in [-0.25, -0.2) is 4.79 Å². The molecule has 0 radical (unpaired) electrons. The molecule has 0 saturated heterocycles. The van der Waals surface area contributed by atoms with Crippen molar-refractivity contribution in [3.05, 3.63) is 35.9 Å². The van der Waals surface area contributed by atoms with E-state index in [1.165, 1.54) is 0 Å². The molecular weight excluding hydrogens is 268 g/mol. The third-order valence-corrected chi connectivity index (χ3v) is 3.22. The number of ether oxygens (including phenoxy) is 1. The van der Waals surface area contributed by atoms with Crippen LogP contribution in [0.1, 0.15) is 44.6 Å². The minimum atomic E-state index is -0.955. The minimum absolute atomic E-state index is 0.169. The molecule has 0 aliphatic carbocycles. The lowest BCUT2D eigenvalue weighted by atomic mass is 10.1. The van der Waals surface area contributed by atoms with E-state index in [-0.39, 0.29) is 6.10 Å². The summed E-state index contributed by atoms with van der Waals surface area (Å²) in [5, 5.41) is 18.0. The van der Waals surface area contributed by atoms with Crippen molar-refractivity contribution in [2.75, 3.05) is 6.61 Å². The van der Waals surface area contributed by atoms with Crippen LogP contribution >= 0.6 is 0 Å². The van der Waals surface area contributed by atoms with Crippen LogP contribution < -0.4 is 4.74 Å². The predicted molar refractivity (Wildman–Crippen MR) is 83.4 cm³/mol. The molecule has 0 saturated carbocycles. The van der Waals surface area contributed by atoms with Crippen LogP contribution in [0.4, 0.5) is 0 Å². The second kappa shape index (κ2) is 10.00. The zero-order chi connectivity index (χ0) is 15.5. The highest BCUT2D eigenvalue weighted by Crippen LogP contribution is 2.14. The first kappa shape index (κ1) is 17.2. The predicted octanol–water partition coefficient (Wildman–Crippen LogP) is 3.49. The Balaban J connectivity index is 2.19. The van der Waals surface area contributed by atoms with Crippen LogP contribution in [-0.2, 0) is 4.79 Å². The number of carbonyl (C=O) groups is 1. The molecule has 0 aliphatic heterocycles. The molecule has 0 fully saturated rings. The van der Waals surface area contributed by atoms with Gasteiger partial charge in [0.2, 0.25) is 0 Å². The first-order valence-electron chi connectivity index (χ1n) is 7.43. The molecule has 1 aromatic carbocycles. The van der Waals surface area contributed by atoms with Gasteiger partial charge in [-0.3, -0.25) is 0 Å². The van der Waals surface area contributed by atoms with E-state index in [0.717, 1.165) is 49.5 Å².